The van der Waals surface area contributed by atoms with Gasteiger partial charge in [0, 0.05) is 0 Å². The first kappa shape index (κ1) is 14.9. The molecule has 0 spiro atoms. The Morgan fingerprint density at radius 1 is 1.35 bits per heavy atom. The Labute approximate surface area is 104 Å². The van der Waals surface area contributed by atoms with Crippen molar-refractivity contribution in [3.63, 3.8) is 0 Å². The van der Waals surface area contributed by atoms with Crippen molar-refractivity contribution in [2.75, 3.05) is 13.2 Å². The van der Waals surface area contributed by atoms with E-state index in [1.807, 2.05) is 0 Å². The van der Waals surface area contributed by atoms with Gasteiger partial charge >= 0.3 is 7.60 Å². The molecule has 1 aliphatic carbocycles. The zero-order valence-corrected chi connectivity index (χ0v) is 11.6. The van der Waals surface area contributed by atoms with Crippen molar-refractivity contribution in [3.8, 4) is 0 Å². The van der Waals surface area contributed by atoms with E-state index in [0.29, 0.717) is 26.1 Å². The summed E-state index contributed by atoms with van der Waals surface area (Å²) in [6.07, 6.45) is 4.68. The van der Waals surface area contributed by atoms with Crippen LogP contribution in [0.5, 0.6) is 0 Å². The van der Waals surface area contributed by atoms with Gasteiger partial charge in [-0.05, 0) is 26.7 Å². The molecule has 100 valence electrons. The van der Waals surface area contributed by atoms with E-state index in [1.165, 1.54) is 6.08 Å². The van der Waals surface area contributed by atoms with Crippen LogP contribution in [0.1, 0.15) is 39.5 Å². The molecule has 1 unspecified atom stereocenters. The fourth-order valence-electron chi connectivity index (χ4n) is 2.48. The SMILES string of the molecule is C=CC(C1(O)CCCC1)P(=O)(OCC)OCC. The molecule has 4 nitrogen and oxygen atoms in total. The molecule has 1 aliphatic rings. The summed E-state index contributed by atoms with van der Waals surface area (Å²) in [5.41, 5.74) is -1.61. The fourth-order valence-corrected chi connectivity index (χ4v) is 4.70. The van der Waals surface area contributed by atoms with Crippen molar-refractivity contribution >= 4 is 7.60 Å². The van der Waals surface area contributed by atoms with Gasteiger partial charge in [-0.3, -0.25) is 4.57 Å². The van der Waals surface area contributed by atoms with Crippen molar-refractivity contribution < 1.29 is 18.7 Å². The molecule has 5 heteroatoms. The van der Waals surface area contributed by atoms with Crippen LogP contribution in [0.2, 0.25) is 0 Å². The van der Waals surface area contributed by atoms with Gasteiger partial charge in [0.05, 0.1) is 18.8 Å². The lowest BCUT2D eigenvalue weighted by Gasteiger charge is -2.34. The summed E-state index contributed by atoms with van der Waals surface area (Å²) >= 11 is 0. The predicted octanol–water partition coefficient (Wildman–Crippen LogP) is 3.11. The van der Waals surface area contributed by atoms with E-state index < -0.39 is 18.9 Å². The van der Waals surface area contributed by atoms with Crippen molar-refractivity contribution in [1.82, 2.24) is 0 Å². The van der Waals surface area contributed by atoms with E-state index >= 15 is 0 Å². The quantitative estimate of drug-likeness (QED) is 0.565. The molecular formula is C12H23O4P. The average molecular weight is 262 g/mol. The molecule has 1 saturated carbocycles. The minimum atomic E-state index is -3.31. The van der Waals surface area contributed by atoms with E-state index in [0.717, 1.165) is 12.8 Å². The third-order valence-corrected chi connectivity index (χ3v) is 5.81. The molecule has 0 aromatic heterocycles. The van der Waals surface area contributed by atoms with E-state index in [-0.39, 0.29) is 0 Å². The standard InChI is InChI=1S/C12H23O4P/c1-4-11(12(13)9-7-8-10-12)17(14,15-5-2)16-6-3/h4,11,13H,1,5-10H2,2-3H3. The topological polar surface area (TPSA) is 55.8 Å². The van der Waals surface area contributed by atoms with Crippen LogP contribution in [-0.2, 0) is 13.6 Å². The highest BCUT2D eigenvalue weighted by Gasteiger charge is 2.49. The molecule has 0 saturated heterocycles. The lowest BCUT2D eigenvalue weighted by atomic mass is 9.98. The highest BCUT2D eigenvalue weighted by molar-refractivity contribution is 7.55. The Morgan fingerprint density at radius 3 is 2.18 bits per heavy atom. The maximum atomic E-state index is 12.7. The zero-order chi connectivity index (χ0) is 12.9. The van der Waals surface area contributed by atoms with Crippen molar-refractivity contribution in [2.45, 2.75) is 50.8 Å². The first-order valence-corrected chi connectivity index (χ1v) is 7.87. The minimum Gasteiger partial charge on any atom is -0.389 e. The second kappa shape index (κ2) is 6.14. The van der Waals surface area contributed by atoms with Gasteiger partial charge in [0.2, 0.25) is 0 Å². The molecule has 0 aromatic carbocycles. The fraction of sp³-hybridized carbons (Fsp3) is 0.833. The summed E-state index contributed by atoms with van der Waals surface area (Å²) in [5.74, 6) is 0. The lowest BCUT2D eigenvalue weighted by Crippen LogP contribution is -2.39. The molecule has 17 heavy (non-hydrogen) atoms. The molecule has 0 aliphatic heterocycles. The molecule has 0 bridgehead atoms. The monoisotopic (exact) mass is 262 g/mol. The molecule has 1 atom stereocenters. The van der Waals surface area contributed by atoms with Gasteiger partial charge in [-0.1, -0.05) is 18.9 Å². The van der Waals surface area contributed by atoms with Crippen LogP contribution in [0.3, 0.4) is 0 Å². The van der Waals surface area contributed by atoms with Crippen LogP contribution < -0.4 is 0 Å². The van der Waals surface area contributed by atoms with Crippen LogP contribution in [-0.4, -0.2) is 29.6 Å². The predicted molar refractivity (Wildman–Crippen MR) is 68.3 cm³/mol. The summed E-state index contributed by atoms with van der Waals surface area (Å²) in [6.45, 7) is 7.83. The molecular weight excluding hydrogens is 239 g/mol. The smallest absolute Gasteiger partial charge is 0.340 e. The summed E-state index contributed by atoms with van der Waals surface area (Å²) in [6, 6.07) is 0. The first-order chi connectivity index (χ1) is 8.02. The third-order valence-electron chi connectivity index (χ3n) is 3.20. The van der Waals surface area contributed by atoms with Crippen LogP contribution in [0.15, 0.2) is 12.7 Å². The highest BCUT2D eigenvalue weighted by Crippen LogP contribution is 2.59. The Bertz CT molecular complexity index is 287. The number of rotatable bonds is 7. The maximum absolute atomic E-state index is 12.7. The van der Waals surface area contributed by atoms with Gasteiger partial charge in [0.1, 0.15) is 5.66 Å². The van der Waals surface area contributed by atoms with E-state index in [9.17, 15) is 9.67 Å². The van der Waals surface area contributed by atoms with Gasteiger partial charge in [-0.25, -0.2) is 0 Å². The van der Waals surface area contributed by atoms with Crippen LogP contribution >= 0.6 is 7.60 Å². The molecule has 0 radical (unpaired) electrons. The minimum absolute atomic E-state index is 0.303. The largest absolute Gasteiger partial charge is 0.389 e. The second-order valence-electron chi connectivity index (χ2n) is 4.37. The number of hydrogen-bond donors (Lipinski definition) is 1. The Morgan fingerprint density at radius 2 is 1.82 bits per heavy atom. The number of aliphatic hydroxyl groups is 1. The molecule has 0 heterocycles. The molecule has 0 aromatic rings. The maximum Gasteiger partial charge on any atom is 0.340 e. The van der Waals surface area contributed by atoms with Crippen molar-refractivity contribution in [3.05, 3.63) is 12.7 Å². The first-order valence-electron chi connectivity index (χ1n) is 6.26. The highest BCUT2D eigenvalue weighted by atomic mass is 31.2. The Kier molecular flexibility index (Phi) is 5.39. The molecule has 1 fully saturated rings. The lowest BCUT2D eigenvalue weighted by molar-refractivity contribution is 0.0429. The summed E-state index contributed by atoms with van der Waals surface area (Å²) in [4.78, 5) is 0. The zero-order valence-electron chi connectivity index (χ0n) is 10.7. The van der Waals surface area contributed by atoms with Gasteiger partial charge in [0.25, 0.3) is 0 Å². The Balaban J connectivity index is 2.96. The normalized spacial score (nSPS) is 21.4. The molecule has 1 N–H and O–H groups in total. The Hall–Kier alpha value is -0.150. The van der Waals surface area contributed by atoms with Crippen molar-refractivity contribution in [1.29, 1.82) is 0 Å². The second-order valence-corrected chi connectivity index (χ2v) is 6.52. The van der Waals surface area contributed by atoms with E-state index in [2.05, 4.69) is 6.58 Å². The number of hydrogen-bond acceptors (Lipinski definition) is 4. The average Bonchev–Trinajstić information content (AvgIpc) is 2.67. The summed E-state index contributed by atoms with van der Waals surface area (Å²) in [7, 11) is -3.31. The van der Waals surface area contributed by atoms with E-state index in [1.54, 1.807) is 13.8 Å². The third kappa shape index (κ3) is 3.19. The van der Waals surface area contributed by atoms with Crippen LogP contribution in [0.25, 0.3) is 0 Å². The van der Waals surface area contributed by atoms with Gasteiger partial charge in [-0.15, -0.1) is 6.58 Å². The molecule has 0 amide bonds. The van der Waals surface area contributed by atoms with E-state index in [4.69, 9.17) is 9.05 Å². The van der Waals surface area contributed by atoms with Crippen LogP contribution in [0.4, 0.5) is 0 Å². The van der Waals surface area contributed by atoms with Gasteiger partial charge < -0.3 is 14.2 Å². The van der Waals surface area contributed by atoms with Crippen molar-refractivity contribution in [2.24, 2.45) is 0 Å². The summed E-state index contributed by atoms with van der Waals surface area (Å²) in [5, 5.41) is 10.5. The molecule has 1 rings (SSSR count). The van der Waals surface area contributed by atoms with Gasteiger partial charge in [-0.2, -0.15) is 0 Å². The van der Waals surface area contributed by atoms with Crippen LogP contribution in [0, 0.1) is 0 Å². The van der Waals surface area contributed by atoms with Gasteiger partial charge in [0.15, 0.2) is 0 Å². The summed E-state index contributed by atoms with van der Waals surface area (Å²) < 4.78 is 23.3.